The molecule has 0 aliphatic heterocycles. The van der Waals surface area contributed by atoms with Gasteiger partial charge in [-0.3, -0.25) is 0 Å². The first-order valence-corrected chi connectivity index (χ1v) is 7.88. The lowest BCUT2D eigenvalue weighted by molar-refractivity contribution is 0.290. The number of aryl methyl sites for hydroxylation is 1. The quantitative estimate of drug-likeness (QED) is 0.793. The minimum absolute atomic E-state index is 0.0721. The second kappa shape index (κ2) is 4.50. The Bertz CT molecular complexity index is 533. The normalized spacial score (nSPS) is 15.9. The van der Waals surface area contributed by atoms with Gasteiger partial charge in [0.1, 0.15) is 10.6 Å². The zero-order valence-electron chi connectivity index (χ0n) is 9.86. The third-order valence-electron chi connectivity index (χ3n) is 3.06. The maximum atomic E-state index is 11.5. The Kier molecular flexibility index (Phi) is 3.36. The Hall–Kier alpha value is -0.740. The van der Waals surface area contributed by atoms with Crippen LogP contribution in [0, 0.1) is 19.8 Å². The third-order valence-corrected chi connectivity index (χ3v) is 4.41. The number of halogens is 1. The van der Waals surface area contributed by atoms with Crippen molar-refractivity contribution in [2.24, 2.45) is 5.92 Å². The van der Waals surface area contributed by atoms with Crippen LogP contribution in [0.1, 0.15) is 24.0 Å². The summed E-state index contributed by atoms with van der Waals surface area (Å²) in [6.45, 7) is 4.34. The van der Waals surface area contributed by atoms with E-state index in [1.54, 1.807) is 6.07 Å². The molecule has 0 heterocycles. The molecular weight excluding hydrogens is 260 g/mol. The van der Waals surface area contributed by atoms with Gasteiger partial charge in [0, 0.05) is 10.7 Å². The Morgan fingerprint density at radius 1 is 1.35 bits per heavy atom. The minimum atomic E-state index is -3.75. The second-order valence-corrected chi connectivity index (χ2v) is 7.06. The first-order chi connectivity index (χ1) is 7.89. The number of hydrogen-bond acceptors (Lipinski definition) is 3. The Morgan fingerprint density at radius 2 is 2.00 bits per heavy atom. The molecule has 3 nitrogen and oxygen atoms in total. The van der Waals surface area contributed by atoms with E-state index in [0.717, 1.165) is 24.0 Å². The van der Waals surface area contributed by atoms with Gasteiger partial charge in [-0.25, -0.2) is 8.42 Å². The Balaban J connectivity index is 2.39. The molecule has 1 saturated carbocycles. The van der Waals surface area contributed by atoms with Crippen LogP contribution in [0.25, 0.3) is 0 Å². The fraction of sp³-hybridized carbons (Fsp3) is 0.500. The van der Waals surface area contributed by atoms with Crippen LogP contribution in [-0.4, -0.2) is 15.0 Å². The highest BCUT2D eigenvalue weighted by Gasteiger charge is 2.25. The average molecular weight is 275 g/mol. The lowest BCUT2D eigenvalue weighted by Crippen LogP contribution is -2.06. The van der Waals surface area contributed by atoms with Gasteiger partial charge >= 0.3 is 0 Å². The molecule has 0 spiro atoms. The molecule has 94 valence electrons. The van der Waals surface area contributed by atoms with E-state index in [-0.39, 0.29) is 4.90 Å². The predicted molar refractivity (Wildman–Crippen MR) is 67.2 cm³/mol. The SMILES string of the molecule is Cc1ccc(S(=O)(=O)Cl)c(OCC2CC2)c1C. The largest absolute Gasteiger partial charge is 0.492 e. The fourth-order valence-corrected chi connectivity index (χ4v) is 2.65. The molecule has 0 unspecified atom stereocenters. The van der Waals surface area contributed by atoms with Crippen molar-refractivity contribution in [3.8, 4) is 5.75 Å². The molecule has 1 fully saturated rings. The summed E-state index contributed by atoms with van der Waals surface area (Å²) in [6.07, 6.45) is 2.32. The predicted octanol–water partition coefficient (Wildman–Crippen LogP) is 3.02. The van der Waals surface area contributed by atoms with Crippen molar-refractivity contribution in [2.75, 3.05) is 6.61 Å². The van der Waals surface area contributed by atoms with Gasteiger partial charge in [0.05, 0.1) is 6.61 Å². The molecular formula is C12H15ClO3S. The molecule has 0 N–H and O–H groups in total. The van der Waals surface area contributed by atoms with Gasteiger partial charge < -0.3 is 4.74 Å². The summed E-state index contributed by atoms with van der Waals surface area (Å²) in [5, 5.41) is 0. The van der Waals surface area contributed by atoms with Gasteiger partial charge in [-0.05, 0) is 49.8 Å². The van der Waals surface area contributed by atoms with Crippen molar-refractivity contribution in [2.45, 2.75) is 31.6 Å². The highest BCUT2D eigenvalue weighted by molar-refractivity contribution is 8.13. The minimum Gasteiger partial charge on any atom is -0.492 e. The summed E-state index contributed by atoms with van der Waals surface area (Å²) >= 11 is 0. The van der Waals surface area contributed by atoms with Gasteiger partial charge in [0.15, 0.2) is 0 Å². The second-order valence-electron chi connectivity index (χ2n) is 4.53. The topological polar surface area (TPSA) is 43.4 Å². The molecule has 1 aromatic rings. The summed E-state index contributed by atoms with van der Waals surface area (Å²) < 4.78 is 28.6. The van der Waals surface area contributed by atoms with E-state index in [1.807, 2.05) is 13.8 Å². The van der Waals surface area contributed by atoms with Gasteiger partial charge in [-0.15, -0.1) is 0 Å². The van der Waals surface area contributed by atoms with Crippen LogP contribution in [0.4, 0.5) is 0 Å². The van der Waals surface area contributed by atoms with Gasteiger partial charge in [-0.1, -0.05) is 6.07 Å². The van der Waals surface area contributed by atoms with Crippen molar-refractivity contribution in [1.82, 2.24) is 0 Å². The molecule has 0 saturated heterocycles. The Morgan fingerprint density at radius 3 is 2.53 bits per heavy atom. The summed E-state index contributed by atoms with van der Waals surface area (Å²) in [5.41, 5.74) is 1.84. The van der Waals surface area contributed by atoms with Gasteiger partial charge in [0.2, 0.25) is 0 Å². The third kappa shape index (κ3) is 2.93. The molecule has 0 aromatic heterocycles. The molecule has 0 atom stereocenters. The molecule has 1 aliphatic rings. The van der Waals surface area contributed by atoms with Crippen molar-refractivity contribution in [3.63, 3.8) is 0 Å². The monoisotopic (exact) mass is 274 g/mol. The van der Waals surface area contributed by atoms with Crippen molar-refractivity contribution in [1.29, 1.82) is 0 Å². The van der Waals surface area contributed by atoms with Crippen molar-refractivity contribution in [3.05, 3.63) is 23.3 Å². The fourth-order valence-electron chi connectivity index (χ4n) is 1.62. The maximum absolute atomic E-state index is 11.5. The lowest BCUT2D eigenvalue weighted by atomic mass is 10.1. The molecule has 0 amide bonds. The van der Waals surface area contributed by atoms with Crippen LogP contribution < -0.4 is 4.74 Å². The summed E-state index contributed by atoms with van der Waals surface area (Å²) in [7, 11) is 1.66. The molecule has 5 heteroatoms. The van der Waals surface area contributed by atoms with Crippen LogP contribution >= 0.6 is 10.7 Å². The summed E-state index contributed by atoms with van der Waals surface area (Å²) in [4.78, 5) is 0.0721. The van der Waals surface area contributed by atoms with E-state index in [2.05, 4.69) is 0 Å². The van der Waals surface area contributed by atoms with E-state index >= 15 is 0 Å². The van der Waals surface area contributed by atoms with E-state index in [4.69, 9.17) is 15.4 Å². The first-order valence-electron chi connectivity index (χ1n) is 5.57. The van der Waals surface area contributed by atoms with E-state index in [1.165, 1.54) is 6.07 Å². The molecule has 1 aliphatic carbocycles. The zero-order chi connectivity index (χ0) is 12.6. The van der Waals surface area contributed by atoms with Crippen molar-refractivity contribution >= 4 is 19.7 Å². The lowest BCUT2D eigenvalue weighted by Gasteiger charge is -2.13. The Labute approximate surface area is 106 Å². The molecule has 0 radical (unpaired) electrons. The molecule has 17 heavy (non-hydrogen) atoms. The summed E-state index contributed by atoms with van der Waals surface area (Å²) in [5.74, 6) is 0.979. The zero-order valence-corrected chi connectivity index (χ0v) is 11.4. The first kappa shape index (κ1) is 12.7. The molecule has 1 aromatic carbocycles. The highest BCUT2D eigenvalue weighted by Crippen LogP contribution is 2.35. The van der Waals surface area contributed by atoms with Crippen LogP contribution in [0.5, 0.6) is 5.75 Å². The van der Waals surface area contributed by atoms with Gasteiger partial charge in [-0.2, -0.15) is 0 Å². The standard InChI is InChI=1S/C12H15ClO3S/c1-8-3-6-11(17(13,14)15)12(9(8)2)16-7-10-4-5-10/h3,6,10H,4-5,7H2,1-2H3. The van der Waals surface area contributed by atoms with Crippen LogP contribution in [0.3, 0.4) is 0 Å². The maximum Gasteiger partial charge on any atom is 0.264 e. The number of ether oxygens (including phenoxy) is 1. The summed E-state index contributed by atoms with van der Waals surface area (Å²) in [6, 6.07) is 3.25. The molecule has 2 rings (SSSR count). The van der Waals surface area contributed by atoms with Crippen LogP contribution in [0.15, 0.2) is 17.0 Å². The van der Waals surface area contributed by atoms with Crippen LogP contribution in [0.2, 0.25) is 0 Å². The van der Waals surface area contributed by atoms with Crippen LogP contribution in [-0.2, 0) is 9.05 Å². The van der Waals surface area contributed by atoms with E-state index < -0.39 is 9.05 Å². The number of benzene rings is 1. The van der Waals surface area contributed by atoms with Gasteiger partial charge in [0.25, 0.3) is 9.05 Å². The van der Waals surface area contributed by atoms with E-state index in [0.29, 0.717) is 18.3 Å². The number of rotatable bonds is 4. The molecule has 0 bridgehead atoms. The number of hydrogen-bond donors (Lipinski definition) is 0. The highest BCUT2D eigenvalue weighted by atomic mass is 35.7. The average Bonchev–Trinajstić information content (AvgIpc) is 3.02. The smallest absolute Gasteiger partial charge is 0.264 e. The van der Waals surface area contributed by atoms with E-state index in [9.17, 15) is 8.42 Å². The van der Waals surface area contributed by atoms with Crippen molar-refractivity contribution < 1.29 is 13.2 Å².